The number of nitrogens with zero attached hydrogens (tertiary/aromatic N) is 1. The predicted octanol–water partition coefficient (Wildman–Crippen LogP) is 6.41. The van der Waals surface area contributed by atoms with E-state index in [1.165, 1.54) is 64.2 Å². The van der Waals surface area contributed by atoms with E-state index < -0.39 is 0 Å². The number of carbonyl (C=O) groups excluding carboxylic acids is 2. The summed E-state index contributed by atoms with van der Waals surface area (Å²) in [5.41, 5.74) is 0.685. The Hall–Kier alpha value is -1.43. The fourth-order valence-corrected chi connectivity index (χ4v) is 10.4. The number of fused-ring (bicyclic) bond motifs is 5. The van der Waals surface area contributed by atoms with Gasteiger partial charge in [-0.3, -0.25) is 14.5 Å². The van der Waals surface area contributed by atoms with Crippen LogP contribution in [0.4, 0.5) is 0 Å². The number of amides is 2. The molecule has 5 fully saturated rings. The Morgan fingerprint density at radius 3 is 2.34 bits per heavy atom. The van der Waals surface area contributed by atoms with Crippen LogP contribution in [0.2, 0.25) is 0 Å². The van der Waals surface area contributed by atoms with Crippen LogP contribution >= 0.6 is 12.2 Å². The highest BCUT2D eigenvalue weighted by atomic mass is 32.1. The van der Waals surface area contributed by atoms with Gasteiger partial charge in [-0.05, 0) is 99.6 Å². The van der Waals surface area contributed by atoms with Crippen molar-refractivity contribution in [1.29, 1.82) is 0 Å². The Balaban J connectivity index is 1.29. The van der Waals surface area contributed by atoms with E-state index in [2.05, 4.69) is 30.6 Å². The molecule has 5 nitrogen and oxygen atoms in total. The molecule has 210 valence electrons. The fourth-order valence-electron chi connectivity index (χ4n) is 9.97. The predicted molar refractivity (Wildman–Crippen MR) is 155 cm³/mol. The third kappa shape index (κ3) is 4.65. The second-order valence-electron chi connectivity index (χ2n) is 14.2. The maximum absolute atomic E-state index is 14.4. The van der Waals surface area contributed by atoms with Gasteiger partial charge in [0.1, 0.15) is 5.57 Å². The largest absolute Gasteiger partial charge is 0.359 e. The van der Waals surface area contributed by atoms with Crippen LogP contribution in [0.5, 0.6) is 0 Å². The van der Waals surface area contributed by atoms with Crippen LogP contribution in [-0.2, 0) is 9.59 Å². The van der Waals surface area contributed by atoms with E-state index in [0.717, 1.165) is 50.9 Å². The SMILES string of the molecule is C[C@@]12CCC[C@H]1[C@@H]1CCC3NC(=O)C(C(=O)N(C(=S)NC4CCCCC4)C4CCCCC4)=C[C@]3(C)[C@@H]1CC2. The van der Waals surface area contributed by atoms with E-state index in [-0.39, 0.29) is 29.3 Å². The van der Waals surface area contributed by atoms with Crippen molar-refractivity contribution < 1.29 is 9.59 Å². The van der Waals surface area contributed by atoms with Gasteiger partial charge < -0.3 is 10.6 Å². The van der Waals surface area contributed by atoms with Crippen molar-refractivity contribution in [1.82, 2.24) is 15.5 Å². The standard InChI is InChI=1S/C32H49N3O2S/c1-31-18-9-14-25(31)23-15-16-27-32(2,26(23)17-19-31)20-24(28(36)34-27)29(37)35(22-12-7-4-8-13-22)30(38)33-21-10-5-3-6-11-21/h20-23,25-27H,3-19H2,1-2H3,(H,33,38)(H,34,36)/t23-,25-,26+,27?,31-,32+/m0/s1. The summed E-state index contributed by atoms with van der Waals surface area (Å²) in [7, 11) is 0. The lowest BCUT2D eigenvalue weighted by atomic mass is 9.48. The van der Waals surface area contributed by atoms with Crippen LogP contribution in [0, 0.1) is 28.6 Å². The van der Waals surface area contributed by atoms with Crippen molar-refractivity contribution in [3.8, 4) is 0 Å². The van der Waals surface area contributed by atoms with Crippen LogP contribution in [-0.4, -0.2) is 40.0 Å². The molecule has 5 aliphatic carbocycles. The Bertz CT molecular complexity index is 983. The molecule has 0 saturated heterocycles. The van der Waals surface area contributed by atoms with Gasteiger partial charge in [-0.1, -0.05) is 64.9 Å². The molecule has 2 amide bonds. The Morgan fingerprint density at radius 1 is 0.895 bits per heavy atom. The van der Waals surface area contributed by atoms with Crippen LogP contribution < -0.4 is 10.6 Å². The smallest absolute Gasteiger partial charge is 0.265 e. The maximum atomic E-state index is 14.4. The summed E-state index contributed by atoms with van der Waals surface area (Å²) in [6, 6.07) is 0.564. The normalized spacial score (nSPS) is 39.7. The molecule has 38 heavy (non-hydrogen) atoms. The number of carbonyl (C=O) groups is 2. The van der Waals surface area contributed by atoms with Crippen molar-refractivity contribution in [3.05, 3.63) is 11.6 Å². The van der Waals surface area contributed by atoms with Gasteiger partial charge >= 0.3 is 0 Å². The van der Waals surface area contributed by atoms with Gasteiger partial charge in [0.15, 0.2) is 5.11 Å². The topological polar surface area (TPSA) is 61.4 Å². The zero-order chi connectivity index (χ0) is 26.5. The molecule has 6 aliphatic rings. The first-order valence-electron chi connectivity index (χ1n) is 16.0. The molecule has 0 aromatic carbocycles. The molecule has 0 aromatic heterocycles. The number of thiocarbonyl (C=S) groups is 1. The second-order valence-corrected chi connectivity index (χ2v) is 14.6. The van der Waals surface area contributed by atoms with E-state index in [4.69, 9.17) is 12.2 Å². The van der Waals surface area contributed by atoms with Crippen LogP contribution in [0.15, 0.2) is 11.6 Å². The highest BCUT2D eigenvalue weighted by Gasteiger charge is 2.58. The van der Waals surface area contributed by atoms with E-state index in [1.807, 2.05) is 4.90 Å². The molecule has 1 heterocycles. The third-order valence-corrected chi connectivity index (χ3v) is 12.4. The lowest BCUT2D eigenvalue weighted by Gasteiger charge is -2.58. The summed E-state index contributed by atoms with van der Waals surface area (Å²) in [6.45, 7) is 4.88. The fraction of sp³-hybridized carbons (Fsp3) is 0.844. The molecule has 6 rings (SSSR count). The highest BCUT2D eigenvalue weighted by molar-refractivity contribution is 7.80. The molecule has 0 bridgehead atoms. The van der Waals surface area contributed by atoms with E-state index in [1.54, 1.807) is 0 Å². The molecule has 2 N–H and O–H groups in total. The molecule has 0 aromatic rings. The van der Waals surface area contributed by atoms with Crippen molar-refractivity contribution in [2.45, 2.75) is 141 Å². The molecule has 1 unspecified atom stereocenters. The maximum Gasteiger partial charge on any atom is 0.265 e. The minimum atomic E-state index is -0.182. The third-order valence-electron chi connectivity index (χ3n) is 12.1. The molecule has 1 aliphatic heterocycles. The highest BCUT2D eigenvalue weighted by Crippen LogP contribution is 2.63. The average molecular weight is 540 g/mol. The zero-order valence-corrected chi connectivity index (χ0v) is 24.6. The number of hydrogen-bond donors (Lipinski definition) is 2. The summed E-state index contributed by atoms with van der Waals surface area (Å²) in [5, 5.41) is 7.47. The Labute approximate surface area is 235 Å². The van der Waals surface area contributed by atoms with Gasteiger partial charge in [0.25, 0.3) is 11.8 Å². The lowest BCUT2D eigenvalue weighted by molar-refractivity contribution is -0.132. The summed E-state index contributed by atoms with van der Waals surface area (Å²) >= 11 is 5.96. The van der Waals surface area contributed by atoms with Gasteiger partial charge in [0.05, 0.1) is 0 Å². The summed E-state index contributed by atoms with van der Waals surface area (Å²) in [5.74, 6) is 1.71. The molecule has 6 heteroatoms. The van der Waals surface area contributed by atoms with Crippen molar-refractivity contribution >= 4 is 29.1 Å². The minimum Gasteiger partial charge on any atom is -0.359 e. The first-order chi connectivity index (χ1) is 18.3. The quantitative estimate of drug-likeness (QED) is 0.321. The summed E-state index contributed by atoms with van der Waals surface area (Å²) < 4.78 is 0. The molecule has 0 spiro atoms. The van der Waals surface area contributed by atoms with Crippen LogP contribution in [0.3, 0.4) is 0 Å². The Kier molecular flexibility index (Phi) is 7.41. The van der Waals surface area contributed by atoms with E-state index >= 15 is 0 Å². The van der Waals surface area contributed by atoms with Gasteiger partial charge in [-0.25, -0.2) is 0 Å². The molecule has 6 atom stereocenters. The van der Waals surface area contributed by atoms with Gasteiger partial charge in [-0.2, -0.15) is 0 Å². The van der Waals surface area contributed by atoms with Gasteiger partial charge in [0, 0.05) is 23.5 Å². The van der Waals surface area contributed by atoms with Crippen LogP contribution in [0.25, 0.3) is 0 Å². The minimum absolute atomic E-state index is 0.0899. The average Bonchev–Trinajstić information content (AvgIpc) is 3.32. The number of nitrogens with one attached hydrogen (secondary N) is 2. The summed E-state index contributed by atoms with van der Waals surface area (Å²) in [6.07, 6.45) is 22.3. The van der Waals surface area contributed by atoms with Crippen LogP contribution in [0.1, 0.15) is 123 Å². The first kappa shape index (κ1) is 26.8. The van der Waals surface area contributed by atoms with E-state index in [9.17, 15) is 9.59 Å². The molecular formula is C32H49N3O2S. The number of rotatable bonds is 3. The van der Waals surface area contributed by atoms with Crippen molar-refractivity contribution in [3.63, 3.8) is 0 Å². The molecular weight excluding hydrogens is 490 g/mol. The number of hydrogen-bond acceptors (Lipinski definition) is 3. The van der Waals surface area contributed by atoms with Crippen molar-refractivity contribution in [2.24, 2.45) is 28.6 Å². The van der Waals surface area contributed by atoms with E-state index in [0.29, 0.717) is 34.0 Å². The second kappa shape index (κ2) is 10.5. The van der Waals surface area contributed by atoms with Gasteiger partial charge in [0.2, 0.25) is 0 Å². The summed E-state index contributed by atoms with van der Waals surface area (Å²) in [4.78, 5) is 29.7. The molecule has 5 saturated carbocycles. The monoisotopic (exact) mass is 539 g/mol. The zero-order valence-electron chi connectivity index (χ0n) is 23.7. The molecule has 0 radical (unpaired) electrons. The van der Waals surface area contributed by atoms with Crippen molar-refractivity contribution in [2.75, 3.05) is 0 Å². The lowest BCUT2D eigenvalue weighted by Crippen LogP contribution is -2.61. The van der Waals surface area contributed by atoms with Gasteiger partial charge in [-0.15, -0.1) is 0 Å². The first-order valence-corrected chi connectivity index (χ1v) is 16.4. The Morgan fingerprint density at radius 2 is 1.61 bits per heavy atom.